The number of carboxylic acids is 2. The summed E-state index contributed by atoms with van der Waals surface area (Å²) < 4.78 is 0.653. The molecule has 0 radical (unpaired) electrons. The van der Waals surface area contributed by atoms with Crippen LogP contribution in [0.5, 0.6) is 0 Å². The van der Waals surface area contributed by atoms with Crippen molar-refractivity contribution in [2.24, 2.45) is 0 Å². The SMILES string of the molecule is Cc1cc(C)c(NC(=O)NC(CC(=O)O)C(=O)O)c(Br)c1. The van der Waals surface area contributed by atoms with Crippen LogP contribution in [0.3, 0.4) is 0 Å². The molecular formula is C13H15BrN2O5. The zero-order valence-corrected chi connectivity index (χ0v) is 13.0. The van der Waals surface area contributed by atoms with Crippen molar-refractivity contribution in [1.82, 2.24) is 5.32 Å². The standard InChI is InChI=1S/C13H15BrN2O5/c1-6-3-7(2)11(8(14)4-6)16-13(21)15-9(12(19)20)5-10(17)18/h3-4,9H,5H2,1-2H3,(H,17,18)(H,19,20)(H2,15,16,21). The Bertz CT molecular complexity index is 565. The molecule has 2 amide bonds. The van der Waals surface area contributed by atoms with Crippen molar-refractivity contribution in [3.63, 3.8) is 0 Å². The monoisotopic (exact) mass is 358 g/mol. The average Bonchev–Trinajstić information content (AvgIpc) is 2.32. The van der Waals surface area contributed by atoms with Gasteiger partial charge >= 0.3 is 18.0 Å². The van der Waals surface area contributed by atoms with E-state index in [1.807, 2.05) is 13.0 Å². The molecule has 0 heterocycles. The first kappa shape index (κ1) is 17.0. The lowest BCUT2D eigenvalue weighted by Crippen LogP contribution is -2.44. The van der Waals surface area contributed by atoms with E-state index >= 15 is 0 Å². The van der Waals surface area contributed by atoms with E-state index in [2.05, 4.69) is 26.6 Å². The maximum Gasteiger partial charge on any atom is 0.326 e. The lowest BCUT2D eigenvalue weighted by molar-refractivity contribution is -0.145. The Balaban J connectivity index is 2.82. The van der Waals surface area contributed by atoms with Gasteiger partial charge in [-0.15, -0.1) is 0 Å². The van der Waals surface area contributed by atoms with Gasteiger partial charge in [0.15, 0.2) is 0 Å². The highest BCUT2D eigenvalue weighted by molar-refractivity contribution is 9.10. The molecule has 0 saturated heterocycles. The second-order valence-corrected chi connectivity index (χ2v) is 5.38. The van der Waals surface area contributed by atoms with Crippen molar-refractivity contribution in [3.8, 4) is 0 Å². The number of hydrogen-bond donors (Lipinski definition) is 4. The molecule has 0 aliphatic rings. The second-order valence-electron chi connectivity index (χ2n) is 4.53. The number of aryl methyl sites for hydroxylation is 2. The minimum absolute atomic E-state index is 0.498. The molecule has 0 bridgehead atoms. The van der Waals surface area contributed by atoms with Crippen molar-refractivity contribution in [2.45, 2.75) is 26.3 Å². The molecule has 0 fully saturated rings. The van der Waals surface area contributed by atoms with E-state index in [0.717, 1.165) is 11.1 Å². The van der Waals surface area contributed by atoms with Gasteiger partial charge in [-0.25, -0.2) is 9.59 Å². The Morgan fingerprint density at radius 1 is 1.24 bits per heavy atom. The summed E-state index contributed by atoms with van der Waals surface area (Å²) in [6.07, 6.45) is -0.698. The Morgan fingerprint density at radius 2 is 1.86 bits per heavy atom. The lowest BCUT2D eigenvalue weighted by Gasteiger charge is -2.15. The summed E-state index contributed by atoms with van der Waals surface area (Å²) in [4.78, 5) is 33.2. The molecular weight excluding hydrogens is 344 g/mol. The Labute approximate surface area is 129 Å². The molecule has 1 aromatic carbocycles. The number of hydrogen-bond acceptors (Lipinski definition) is 3. The molecule has 1 atom stereocenters. The van der Waals surface area contributed by atoms with E-state index in [4.69, 9.17) is 10.2 Å². The van der Waals surface area contributed by atoms with Crippen LogP contribution in [-0.2, 0) is 9.59 Å². The number of benzene rings is 1. The smallest absolute Gasteiger partial charge is 0.326 e. The molecule has 0 aromatic heterocycles. The molecule has 1 unspecified atom stereocenters. The third kappa shape index (κ3) is 5.07. The average molecular weight is 359 g/mol. The zero-order valence-electron chi connectivity index (χ0n) is 11.4. The molecule has 21 heavy (non-hydrogen) atoms. The van der Waals surface area contributed by atoms with Gasteiger partial charge in [-0.3, -0.25) is 4.79 Å². The van der Waals surface area contributed by atoms with Crippen molar-refractivity contribution < 1.29 is 24.6 Å². The van der Waals surface area contributed by atoms with Gasteiger partial charge in [-0.1, -0.05) is 6.07 Å². The minimum Gasteiger partial charge on any atom is -0.481 e. The first-order valence-corrected chi connectivity index (χ1v) is 6.79. The predicted molar refractivity (Wildman–Crippen MR) is 79.4 cm³/mol. The fourth-order valence-corrected chi connectivity index (χ4v) is 2.53. The summed E-state index contributed by atoms with van der Waals surface area (Å²) in [5.74, 6) is -2.72. The molecule has 7 nitrogen and oxygen atoms in total. The summed E-state index contributed by atoms with van der Waals surface area (Å²) in [7, 11) is 0. The van der Waals surface area contributed by atoms with E-state index in [1.165, 1.54) is 0 Å². The summed E-state index contributed by atoms with van der Waals surface area (Å²) in [6, 6.07) is 1.38. The molecule has 0 spiro atoms. The maximum absolute atomic E-state index is 11.8. The topological polar surface area (TPSA) is 116 Å². The Hall–Kier alpha value is -2.09. The molecule has 1 aromatic rings. The first-order valence-electron chi connectivity index (χ1n) is 5.99. The van der Waals surface area contributed by atoms with Gasteiger partial charge in [-0.2, -0.15) is 0 Å². The van der Waals surface area contributed by atoms with Gasteiger partial charge in [-0.05, 0) is 47.0 Å². The number of carboxylic acid groups (broad SMARTS) is 2. The third-order valence-electron chi connectivity index (χ3n) is 2.65. The van der Waals surface area contributed by atoms with Crippen molar-refractivity contribution in [3.05, 3.63) is 27.7 Å². The van der Waals surface area contributed by atoms with Crippen molar-refractivity contribution in [1.29, 1.82) is 0 Å². The van der Waals surface area contributed by atoms with Gasteiger partial charge in [0.05, 0.1) is 12.1 Å². The van der Waals surface area contributed by atoms with Crippen molar-refractivity contribution >= 4 is 39.6 Å². The highest BCUT2D eigenvalue weighted by Gasteiger charge is 2.23. The lowest BCUT2D eigenvalue weighted by atomic mass is 10.1. The summed E-state index contributed by atoms with van der Waals surface area (Å²) in [5.41, 5.74) is 2.29. The molecule has 0 saturated carbocycles. The van der Waals surface area contributed by atoms with Crippen LogP contribution in [0.1, 0.15) is 17.5 Å². The molecule has 114 valence electrons. The molecule has 1 rings (SSSR count). The largest absolute Gasteiger partial charge is 0.481 e. The van der Waals surface area contributed by atoms with E-state index in [0.29, 0.717) is 10.2 Å². The molecule has 0 aliphatic carbocycles. The number of rotatable bonds is 5. The number of carbonyl (C=O) groups is 3. The van der Waals surface area contributed by atoms with Gasteiger partial charge in [0.25, 0.3) is 0 Å². The summed E-state index contributed by atoms with van der Waals surface area (Å²) >= 11 is 3.31. The fourth-order valence-electron chi connectivity index (χ4n) is 1.76. The number of urea groups is 1. The first-order chi connectivity index (χ1) is 9.70. The normalized spacial score (nSPS) is 11.6. The van der Waals surface area contributed by atoms with Crippen LogP contribution in [-0.4, -0.2) is 34.2 Å². The molecule has 4 N–H and O–H groups in total. The number of carbonyl (C=O) groups excluding carboxylic acids is 1. The van der Waals surface area contributed by atoms with E-state index in [1.54, 1.807) is 13.0 Å². The number of aliphatic carboxylic acids is 2. The van der Waals surface area contributed by atoms with Crippen LogP contribution in [0.25, 0.3) is 0 Å². The summed E-state index contributed by atoms with van der Waals surface area (Å²) in [6.45, 7) is 3.69. The second kappa shape index (κ2) is 7.07. The zero-order chi connectivity index (χ0) is 16.2. The van der Waals surface area contributed by atoms with Gasteiger partial charge in [0.1, 0.15) is 6.04 Å². The fraction of sp³-hybridized carbons (Fsp3) is 0.308. The van der Waals surface area contributed by atoms with Crippen LogP contribution in [0, 0.1) is 13.8 Å². The van der Waals surface area contributed by atoms with E-state index in [-0.39, 0.29) is 0 Å². The summed E-state index contributed by atoms with van der Waals surface area (Å²) in [5, 5.41) is 22.1. The Morgan fingerprint density at radius 3 is 2.33 bits per heavy atom. The highest BCUT2D eigenvalue weighted by atomic mass is 79.9. The van der Waals surface area contributed by atoms with Crippen LogP contribution in [0.15, 0.2) is 16.6 Å². The Kier molecular flexibility index (Phi) is 5.71. The quantitative estimate of drug-likeness (QED) is 0.643. The number of nitrogens with one attached hydrogen (secondary N) is 2. The van der Waals surface area contributed by atoms with Gasteiger partial charge < -0.3 is 20.8 Å². The van der Waals surface area contributed by atoms with E-state index < -0.39 is 30.4 Å². The van der Waals surface area contributed by atoms with Crippen molar-refractivity contribution in [2.75, 3.05) is 5.32 Å². The van der Waals surface area contributed by atoms with Crippen LogP contribution < -0.4 is 10.6 Å². The maximum atomic E-state index is 11.8. The number of halogens is 1. The van der Waals surface area contributed by atoms with Crippen LogP contribution in [0.4, 0.5) is 10.5 Å². The highest BCUT2D eigenvalue weighted by Crippen LogP contribution is 2.27. The van der Waals surface area contributed by atoms with E-state index in [9.17, 15) is 14.4 Å². The van der Waals surface area contributed by atoms with Gasteiger partial charge in [0, 0.05) is 4.47 Å². The number of anilines is 1. The molecule has 8 heteroatoms. The molecule has 0 aliphatic heterocycles. The van der Waals surface area contributed by atoms with Crippen LogP contribution >= 0.6 is 15.9 Å². The number of amides is 2. The third-order valence-corrected chi connectivity index (χ3v) is 3.28. The minimum atomic E-state index is -1.49. The van der Waals surface area contributed by atoms with Crippen LogP contribution in [0.2, 0.25) is 0 Å². The van der Waals surface area contributed by atoms with Gasteiger partial charge in [0.2, 0.25) is 0 Å². The predicted octanol–water partition coefficient (Wildman–Crippen LogP) is 2.12.